The van der Waals surface area contributed by atoms with E-state index in [-0.39, 0.29) is 57.1 Å². The number of carbonyl (C=O) groups is 2. The number of nitrogens with zero attached hydrogens (tertiary/aromatic N) is 4. The van der Waals surface area contributed by atoms with Gasteiger partial charge in [-0.25, -0.2) is 17.5 Å². The van der Waals surface area contributed by atoms with Gasteiger partial charge in [-0.1, -0.05) is 58.4 Å². The first kappa shape index (κ1) is 47.1. The highest BCUT2D eigenvalue weighted by Gasteiger charge is 2.64. The van der Waals surface area contributed by atoms with Crippen molar-refractivity contribution in [3.05, 3.63) is 88.3 Å². The highest BCUT2D eigenvalue weighted by Crippen LogP contribution is 2.55. The normalized spacial score (nSPS) is 24.6. The van der Waals surface area contributed by atoms with Gasteiger partial charge in [0.25, 0.3) is 0 Å². The van der Waals surface area contributed by atoms with Crippen LogP contribution < -0.4 is 30.1 Å². The summed E-state index contributed by atoms with van der Waals surface area (Å²) in [4.78, 5) is 30.4. The molecule has 0 spiro atoms. The first-order chi connectivity index (χ1) is 31.4. The van der Waals surface area contributed by atoms with Crippen LogP contribution in [0.2, 0.25) is 5.02 Å². The second-order valence-electron chi connectivity index (χ2n) is 19.5. The molecule has 13 nitrogen and oxygen atoms in total. The molecule has 4 heterocycles. The highest BCUT2D eigenvalue weighted by molar-refractivity contribution is 7.91. The first-order valence-electron chi connectivity index (χ1n) is 23.0. The molecule has 3 unspecified atom stereocenters. The summed E-state index contributed by atoms with van der Waals surface area (Å²) < 4.78 is 59.5. The lowest BCUT2D eigenvalue weighted by Crippen LogP contribution is -2.75. The maximum Gasteiger partial charge on any atom is 0.440 e. The number of rotatable bonds is 13. The number of piperidine rings is 1. The van der Waals surface area contributed by atoms with E-state index < -0.39 is 27.6 Å². The molecule has 350 valence electrons. The molecular weight excluding hydrogens is 881 g/mol. The second-order valence-corrected chi connectivity index (χ2v) is 22.2. The minimum atomic E-state index is -3.55. The van der Waals surface area contributed by atoms with Crippen LogP contribution >= 0.6 is 11.6 Å². The average Bonchev–Trinajstić information content (AvgIpc) is 3.81. The molecule has 4 aliphatic heterocycles. The smallest absolute Gasteiger partial charge is 0.440 e. The predicted octanol–water partition coefficient (Wildman–Crippen LogP) is 6.47. The molecule has 0 radical (unpaired) electrons. The largest absolute Gasteiger partial charge is 0.489 e. The van der Waals surface area contributed by atoms with Gasteiger partial charge in [0.15, 0.2) is 27.6 Å². The van der Waals surface area contributed by atoms with E-state index in [0.29, 0.717) is 65.1 Å². The molecule has 3 fully saturated rings. The van der Waals surface area contributed by atoms with Gasteiger partial charge >= 0.3 is 5.96 Å². The van der Waals surface area contributed by atoms with Crippen molar-refractivity contribution in [2.75, 3.05) is 39.0 Å². The molecule has 3 aromatic carbocycles. The van der Waals surface area contributed by atoms with E-state index in [4.69, 9.17) is 25.7 Å². The zero-order valence-electron chi connectivity index (χ0n) is 38.5. The number of likely N-dealkylation sites (tertiary alicyclic amines) is 1. The van der Waals surface area contributed by atoms with Crippen LogP contribution in [0.3, 0.4) is 0 Å². The van der Waals surface area contributed by atoms with E-state index in [1.807, 2.05) is 0 Å². The maximum atomic E-state index is 16.2. The number of nitrogens with one attached hydrogen (secondary N) is 3. The van der Waals surface area contributed by atoms with E-state index in [1.165, 1.54) is 11.0 Å². The van der Waals surface area contributed by atoms with Crippen LogP contribution in [0.1, 0.15) is 83.4 Å². The van der Waals surface area contributed by atoms with E-state index in [1.54, 1.807) is 74.9 Å². The van der Waals surface area contributed by atoms with Crippen LogP contribution in [0.25, 0.3) is 5.57 Å². The molecule has 1 saturated carbocycles. The number of likely N-dealkylation sites (N-methyl/N-ethyl adjacent to an activating group) is 1. The molecule has 2 saturated heterocycles. The fourth-order valence-electron chi connectivity index (χ4n) is 11.0. The maximum absolute atomic E-state index is 16.2. The quantitative estimate of drug-likeness (QED) is 0.162. The molecule has 3 N–H and O–H groups in total. The molecule has 8 rings (SSSR count). The van der Waals surface area contributed by atoms with Gasteiger partial charge in [-0.2, -0.15) is 5.26 Å². The Morgan fingerprint density at radius 2 is 1.82 bits per heavy atom. The molecule has 66 heavy (non-hydrogen) atoms. The van der Waals surface area contributed by atoms with Gasteiger partial charge in [0.1, 0.15) is 29.6 Å². The molecule has 16 heteroatoms. The van der Waals surface area contributed by atoms with Crippen molar-refractivity contribution in [1.82, 2.24) is 30.4 Å². The van der Waals surface area contributed by atoms with Crippen LogP contribution in [-0.2, 0) is 25.8 Å². The third-order valence-corrected chi connectivity index (χ3v) is 16.5. The second kappa shape index (κ2) is 18.7. The summed E-state index contributed by atoms with van der Waals surface area (Å²) in [5, 5.41) is 19.5. The standard InChI is InChI=1S/C50H59ClFN7O6S/c1-7-66(62,63)35-16-17-40(37(25-35)38-29-58(6)45(61)43-36(38)18-21-54-43)65-41-13-9-12-31(42(41)52)11-8-10-30-19-22-59(23-20-30)48-55-27-33(28-56-48)44(60)57-46-49(2,3)47(50(46,4)5)64-34-15-14-32(26-53)39(51)24-34/h9,12-17,24-25,27,29-30,33,36,43,46-47,54H,7-8,10-11,18-23,28H2,1-6H3,(H,57,60)/p+1. The Morgan fingerprint density at radius 1 is 1.06 bits per heavy atom. The molecule has 0 bridgehead atoms. The van der Waals surface area contributed by atoms with E-state index >= 15 is 4.39 Å². The van der Waals surface area contributed by atoms with Gasteiger partial charge in [0.2, 0.25) is 11.8 Å². The van der Waals surface area contributed by atoms with Crippen molar-refractivity contribution in [1.29, 1.82) is 5.26 Å². The van der Waals surface area contributed by atoms with Crippen molar-refractivity contribution in [2.45, 2.75) is 96.2 Å². The number of guanidine groups is 1. The minimum Gasteiger partial charge on any atom is -0.489 e. The van der Waals surface area contributed by atoms with E-state index in [2.05, 4.69) is 54.6 Å². The number of hydrogen-bond acceptors (Lipinski definition) is 10. The predicted molar refractivity (Wildman–Crippen MR) is 253 cm³/mol. The van der Waals surface area contributed by atoms with Gasteiger partial charge < -0.3 is 25.0 Å². The van der Waals surface area contributed by atoms with Crippen molar-refractivity contribution in [2.24, 2.45) is 28.6 Å². The van der Waals surface area contributed by atoms with Gasteiger partial charge in [-0.05, 0) is 98.5 Å². The summed E-state index contributed by atoms with van der Waals surface area (Å²) in [6.45, 7) is 12.7. The lowest BCUT2D eigenvalue weighted by atomic mass is 9.49. The van der Waals surface area contributed by atoms with Crippen molar-refractivity contribution < 1.29 is 31.9 Å². The SMILES string of the molecule is CCS(=O)(=O)c1ccc(Oc2cccc(CCCC3CCN(C4=[N+]=CC(C(=O)NC5C(C)(C)C(Oc6ccc(C#N)c(Cl)c6)C5(C)C)CN4)CC3)c2F)c(C2=CN(C)C(=O)C3NCCC23)c1. The number of aryl methyl sites for hydroxylation is 1. The number of fused-ring (bicyclic) bond motifs is 1. The van der Waals surface area contributed by atoms with Gasteiger partial charge in [-0.15, -0.1) is 0 Å². The van der Waals surface area contributed by atoms with Gasteiger partial charge in [0, 0.05) is 47.7 Å². The van der Waals surface area contributed by atoms with Crippen LogP contribution in [0, 0.1) is 45.7 Å². The molecule has 5 aliphatic rings. The van der Waals surface area contributed by atoms with E-state index in [0.717, 1.165) is 50.3 Å². The molecule has 2 amide bonds. The topological polar surface area (TPSA) is 167 Å². The highest BCUT2D eigenvalue weighted by atomic mass is 35.5. The van der Waals surface area contributed by atoms with Crippen molar-refractivity contribution in [3.8, 4) is 23.3 Å². The fourth-order valence-corrected chi connectivity index (χ4v) is 12.1. The van der Waals surface area contributed by atoms with Crippen molar-refractivity contribution in [3.63, 3.8) is 0 Å². The average molecular weight is 942 g/mol. The molecule has 3 atom stereocenters. The van der Waals surface area contributed by atoms with Gasteiger partial charge in [-0.3, -0.25) is 19.8 Å². The number of ether oxygens (including phenoxy) is 2. The molecular formula is C50H60ClFN7O6S+. The van der Waals surface area contributed by atoms with E-state index in [9.17, 15) is 23.3 Å². The monoisotopic (exact) mass is 940 g/mol. The Kier molecular flexibility index (Phi) is 13.4. The van der Waals surface area contributed by atoms with Crippen LogP contribution in [0.5, 0.6) is 17.2 Å². The number of sulfone groups is 1. The number of nitriles is 1. The van der Waals surface area contributed by atoms with Crippen LogP contribution in [0.4, 0.5) is 4.39 Å². The summed E-state index contributed by atoms with van der Waals surface area (Å²) in [6, 6.07) is 16.4. The third kappa shape index (κ3) is 9.17. The van der Waals surface area contributed by atoms with Gasteiger partial charge in [0.05, 0.1) is 46.9 Å². The summed E-state index contributed by atoms with van der Waals surface area (Å²) in [5.41, 5.74) is 1.51. The lowest BCUT2D eigenvalue weighted by Gasteiger charge is -2.63. The first-order valence-corrected chi connectivity index (χ1v) is 25.1. The Labute approximate surface area is 392 Å². The number of halogens is 2. The number of hydrogen-bond donors (Lipinski definition) is 3. The number of benzene rings is 3. The molecule has 3 aromatic rings. The van der Waals surface area contributed by atoms with Crippen LogP contribution in [-0.4, -0.2) is 99.4 Å². The summed E-state index contributed by atoms with van der Waals surface area (Å²) in [5.74, 6) is 0.991. The van der Waals surface area contributed by atoms with Crippen molar-refractivity contribution >= 4 is 51.0 Å². The third-order valence-electron chi connectivity index (χ3n) is 14.4. The Morgan fingerprint density at radius 3 is 2.50 bits per heavy atom. The zero-order chi connectivity index (χ0) is 47.1. The summed E-state index contributed by atoms with van der Waals surface area (Å²) in [6.07, 6.45) is 8.23. The Bertz CT molecular complexity index is 2630. The summed E-state index contributed by atoms with van der Waals surface area (Å²) in [7, 11) is -1.87. The zero-order valence-corrected chi connectivity index (χ0v) is 40.1. The molecule has 1 aliphatic carbocycles. The van der Waals surface area contributed by atoms with Crippen LogP contribution in [0.15, 0.2) is 65.7 Å². The fraction of sp³-hybridized carbons (Fsp3) is 0.500. The number of carbonyl (C=O) groups excluding carboxylic acids is 2. The minimum absolute atomic E-state index is 0.0500. The Hall–Kier alpha value is -5.39. The Balaban J connectivity index is 0.841. The lowest BCUT2D eigenvalue weighted by molar-refractivity contribution is -0.174. The number of amides is 2. The molecule has 0 aromatic heterocycles. The summed E-state index contributed by atoms with van der Waals surface area (Å²) >= 11 is 6.26.